The minimum atomic E-state index is -1.41. The van der Waals surface area contributed by atoms with Crippen molar-refractivity contribution in [1.29, 1.82) is 0 Å². The number of carboxylic acids is 1. The molecule has 0 saturated heterocycles. The van der Waals surface area contributed by atoms with Gasteiger partial charge < -0.3 is 15.5 Å². The molecule has 1 rings (SSSR count). The van der Waals surface area contributed by atoms with Crippen molar-refractivity contribution < 1.29 is 19.8 Å². The zero-order chi connectivity index (χ0) is 13.5. The highest BCUT2D eigenvalue weighted by atomic mass is 16.4. The van der Waals surface area contributed by atoms with Gasteiger partial charge >= 0.3 is 5.97 Å². The van der Waals surface area contributed by atoms with Crippen molar-refractivity contribution in [3.05, 3.63) is 35.9 Å². The molecule has 0 radical (unpaired) electrons. The molecule has 1 aromatic rings. The average molecular weight is 247 g/mol. The molecular formula is C13H13NO4. The molecule has 1 amide bonds. The Morgan fingerprint density at radius 1 is 1.33 bits per heavy atom. The minimum absolute atomic E-state index is 0.136. The number of carbonyl (C=O) groups excluding carboxylic acids is 1. The Balaban J connectivity index is 2.70. The van der Waals surface area contributed by atoms with Crippen LogP contribution in [0.25, 0.3) is 0 Å². The number of rotatable bonds is 5. The second kappa shape index (κ2) is 6.42. The van der Waals surface area contributed by atoms with Gasteiger partial charge in [-0.3, -0.25) is 4.79 Å². The molecule has 0 spiro atoms. The molecule has 0 aliphatic heterocycles. The first kappa shape index (κ1) is 13.7. The monoisotopic (exact) mass is 247 g/mol. The van der Waals surface area contributed by atoms with Gasteiger partial charge in [0.05, 0.1) is 0 Å². The Hall–Kier alpha value is -2.32. The number of aliphatic hydroxyl groups excluding tert-OH is 1. The Morgan fingerprint density at radius 3 is 2.44 bits per heavy atom. The van der Waals surface area contributed by atoms with E-state index in [-0.39, 0.29) is 6.42 Å². The van der Waals surface area contributed by atoms with E-state index in [1.165, 1.54) is 0 Å². The molecule has 1 aromatic carbocycles. The van der Waals surface area contributed by atoms with Gasteiger partial charge in [-0.05, 0) is 5.56 Å². The van der Waals surface area contributed by atoms with Crippen LogP contribution in [-0.4, -0.2) is 28.1 Å². The van der Waals surface area contributed by atoms with Crippen molar-refractivity contribution in [2.45, 2.75) is 18.6 Å². The maximum absolute atomic E-state index is 11.6. The van der Waals surface area contributed by atoms with Crippen LogP contribution in [-0.2, 0) is 9.59 Å². The van der Waals surface area contributed by atoms with E-state index in [4.69, 9.17) is 11.5 Å². The van der Waals surface area contributed by atoms with Crippen LogP contribution in [0.3, 0.4) is 0 Å². The Labute approximate surface area is 104 Å². The van der Waals surface area contributed by atoms with Gasteiger partial charge in [0.15, 0.2) is 6.10 Å². The topological polar surface area (TPSA) is 86.6 Å². The largest absolute Gasteiger partial charge is 0.480 e. The van der Waals surface area contributed by atoms with E-state index in [1.54, 1.807) is 30.3 Å². The van der Waals surface area contributed by atoms with Crippen molar-refractivity contribution in [1.82, 2.24) is 5.32 Å². The predicted octanol–water partition coefficient (Wildman–Crippen LogP) is 0.313. The summed E-state index contributed by atoms with van der Waals surface area (Å²) < 4.78 is 0. The van der Waals surface area contributed by atoms with Gasteiger partial charge in [0.25, 0.3) is 5.91 Å². The minimum Gasteiger partial charge on any atom is -0.480 e. The summed E-state index contributed by atoms with van der Waals surface area (Å²) in [6.45, 7) is 0. The fourth-order valence-electron chi connectivity index (χ4n) is 1.36. The fourth-order valence-corrected chi connectivity index (χ4v) is 1.36. The highest BCUT2D eigenvalue weighted by molar-refractivity contribution is 5.87. The number of hydrogen-bond donors (Lipinski definition) is 3. The van der Waals surface area contributed by atoms with Crippen LogP contribution in [0.4, 0.5) is 0 Å². The van der Waals surface area contributed by atoms with E-state index < -0.39 is 24.0 Å². The first-order chi connectivity index (χ1) is 8.56. The quantitative estimate of drug-likeness (QED) is 0.654. The SMILES string of the molecule is C#CC[C@H](NC(=O)[C@@H](O)c1ccccc1)C(=O)O. The fraction of sp³-hybridized carbons (Fsp3) is 0.231. The normalized spacial score (nSPS) is 13.1. The maximum Gasteiger partial charge on any atom is 0.327 e. The van der Waals surface area contributed by atoms with Crippen LogP contribution in [0.5, 0.6) is 0 Å². The van der Waals surface area contributed by atoms with E-state index in [0.717, 1.165) is 0 Å². The lowest BCUT2D eigenvalue weighted by Gasteiger charge is -2.15. The van der Waals surface area contributed by atoms with E-state index >= 15 is 0 Å². The second-order valence-corrected chi connectivity index (χ2v) is 3.62. The Morgan fingerprint density at radius 2 is 1.94 bits per heavy atom. The van der Waals surface area contributed by atoms with Crippen molar-refractivity contribution in [3.63, 3.8) is 0 Å². The molecule has 0 aromatic heterocycles. The number of aliphatic hydroxyl groups is 1. The van der Waals surface area contributed by atoms with Crippen molar-refractivity contribution in [2.75, 3.05) is 0 Å². The van der Waals surface area contributed by atoms with Gasteiger partial charge in [-0.15, -0.1) is 12.3 Å². The van der Waals surface area contributed by atoms with E-state index in [1.807, 2.05) is 0 Å². The number of carbonyl (C=O) groups is 2. The summed E-state index contributed by atoms with van der Waals surface area (Å²) >= 11 is 0. The number of amides is 1. The summed E-state index contributed by atoms with van der Waals surface area (Å²) in [7, 11) is 0. The zero-order valence-electron chi connectivity index (χ0n) is 9.54. The molecule has 94 valence electrons. The Bertz CT molecular complexity index is 464. The predicted molar refractivity (Wildman–Crippen MR) is 64.4 cm³/mol. The highest BCUT2D eigenvalue weighted by Crippen LogP contribution is 2.12. The number of benzene rings is 1. The molecular weight excluding hydrogens is 234 g/mol. The molecule has 2 atom stereocenters. The summed E-state index contributed by atoms with van der Waals surface area (Å²) in [5.41, 5.74) is 0.389. The zero-order valence-corrected chi connectivity index (χ0v) is 9.54. The maximum atomic E-state index is 11.6. The van der Waals surface area contributed by atoms with Crippen LogP contribution < -0.4 is 5.32 Å². The molecule has 0 heterocycles. The molecule has 5 nitrogen and oxygen atoms in total. The van der Waals surface area contributed by atoms with Crippen LogP contribution in [0.2, 0.25) is 0 Å². The molecule has 0 fully saturated rings. The molecule has 3 N–H and O–H groups in total. The highest BCUT2D eigenvalue weighted by Gasteiger charge is 2.23. The number of hydrogen-bond acceptors (Lipinski definition) is 3. The summed E-state index contributed by atoms with van der Waals surface area (Å²) in [4.78, 5) is 22.4. The smallest absolute Gasteiger partial charge is 0.327 e. The standard InChI is InChI=1S/C13H13NO4/c1-2-6-10(13(17)18)14-12(16)11(15)9-7-4-3-5-8-9/h1,3-5,7-8,10-11,15H,6H2,(H,14,16)(H,17,18)/t10-,11-/m0/s1. The van der Waals surface area contributed by atoms with Crippen LogP contribution in [0.1, 0.15) is 18.1 Å². The van der Waals surface area contributed by atoms with Gasteiger partial charge in [-0.25, -0.2) is 4.79 Å². The van der Waals surface area contributed by atoms with Gasteiger partial charge in [0, 0.05) is 6.42 Å². The van der Waals surface area contributed by atoms with E-state index in [0.29, 0.717) is 5.56 Å². The molecule has 0 saturated carbocycles. The third kappa shape index (κ3) is 3.61. The number of terminal acetylenes is 1. The van der Waals surface area contributed by atoms with E-state index in [9.17, 15) is 14.7 Å². The van der Waals surface area contributed by atoms with Crippen molar-refractivity contribution >= 4 is 11.9 Å². The van der Waals surface area contributed by atoms with Gasteiger partial charge in [-0.2, -0.15) is 0 Å². The lowest BCUT2D eigenvalue weighted by Crippen LogP contribution is -2.42. The second-order valence-electron chi connectivity index (χ2n) is 3.62. The van der Waals surface area contributed by atoms with Crippen molar-refractivity contribution in [2.24, 2.45) is 0 Å². The molecule has 0 bridgehead atoms. The van der Waals surface area contributed by atoms with Crippen LogP contribution in [0.15, 0.2) is 30.3 Å². The summed E-state index contributed by atoms with van der Waals surface area (Å²) in [5, 5.41) is 20.7. The molecule has 0 unspecified atom stereocenters. The lowest BCUT2D eigenvalue weighted by molar-refractivity contribution is -0.143. The first-order valence-electron chi connectivity index (χ1n) is 5.26. The molecule has 18 heavy (non-hydrogen) atoms. The average Bonchev–Trinajstić information content (AvgIpc) is 2.38. The first-order valence-corrected chi connectivity index (χ1v) is 5.26. The molecule has 5 heteroatoms. The van der Waals surface area contributed by atoms with Crippen molar-refractivity contribution in [3.8, 4) is 12.3 Å². The Kier molecular flexibility index (Phi) is 4.90. The number of carboxylic acid groups (broad SMARTS) is 1. The summed E-state index contributed by atoms with van der Waals surface area (Å²) in [5.74, 6) is 0.133. The van der Waals surface area contributed by atoms with Crippen LogP contribution in [0, 0.1) is 12.3 Å². The lowest BCUT2D eigenvalue weighted by atomic mass is 10.1. The summed E-state index contributed by atoms with van der Waals surface area (Å²) in [6, 6.07) is 7.03. The number of aliphatic carboxylic acids is 1. The van der Waals surface area contributed by atoms with Gasteiger partial charge in [0.1, 0.15) is 6.04 Å². The summed E-state index contributed by atoms with van der Waals surface area (Å²) in [6.07, 6.45) is 3.46. The van der Waals surface area contributed by atoms with Gasteiger partial charge in [0.2, 0.25) is 0 Å². The third-order valence-corrected chi connectivity index (χ3v) is 2.30. The van der Waals surface area contributed by atoms with Crippen LogP contribution >= 0.6 is 0 Å². The van der Waals surface area contributed by atoms with E-state index in [2.05, 4.69) is 11.2 Å². The third-order valence-electron chi connectivity index (χ3n) is 2.30. The molecule has 0 aliphatic carbocycles. The van der Waals surface area contributed by atoms with Gasteiger partial charge in [-0.1, -0.05) is 30.3 Å². The molecule has 0 aliphatic rings. The number of nitrogens with one attached hydrogen (secondary N) is 1.